The van der Waals surface area contributed by atoms with Crippen molar-refractivity contribution in [3.63, 3.8) is 0 Å². The summed E-state index contributed by atoms with van der Waals surface area (Å²) < 4.78 is 0. The van der Waals surface area contributed by atoms with Crippen molar-refractivity contribution >= 4 is 29.2 Å². The first-order valence-corrected chi connectivity index (χ1v) is 6.69. The van der Waals surface area contributed by atoms with Crippen LogP contribution in [0.3, 0.4) is 0 Å². The van der Waals surface area contributed by atoms with Crippen molar-refractivity contribution in [1.29, 1.82) is 0 Å². The van der Waals surface area contributed by atoms with E-state index in [0.29, 0.717) is 5.82 Å². The zero-order valence-corrected chi connectivity index (χ0v) is 10.8. The van der Waals surface area contributed by atoms with Gasteiger partial charge in [-0.15, -0.1) is 16.9 Å². The first-order chi connectivity index (χ1) is 8.24. The number of alkyl halides is 1. The second-order valence-corrected chi connectivity index (χ2v) is 4.39. The van der Waals surface area contributed by atoms with Gasteiger partial charge in [0.1, 0.15) is 11.5 Å². The van der Waals surface area contributed by atoms with Crippen molar-refractivity contribution in [2.75, 3.05) is 18.1 Å². The van der Waals surface area contributed by atoms with Gasteiger partial charge in [0.2, 0.25) is 0 Å². The fourth-order valence-electron chi connectivity index (χ4n) is 1.48. The van der Waals surface area contributed by atoms with Gasteiger partial charge < -0.3 is 10.6 Å². The number of nitrogens with zero attached hydrogens (tertiary/aromatic N) is 2. The van der Waals surface area contributed by atoms with E-state index >= 15 is 0 Å². The molecule has 1 heterocycles. The van der Waals surface area contributed by atoms with Crippen molar-refractivity contribution < 1.29 is 4.84 Å². The molecule has 1 aromatic heterocycles. The Hall–Kier alpha value is -1.33. The first-order valence-electron chi connectivity index (χ1n) is 4.94. The predicted molar refractivity (Wildman–Crippen MR) is 71.2 cm³/mol. The van der Waals surface area contributed by atoms with E-state index in [1.165, 1.54) is 9.74 Å². The lowest BCUT2D eigenvalue weighted by Gasteiger charge is -2.06. The van der Waals surface area contributed by atoms with Crippen molar-refractivity contribution in [2.24, 2.45) is 0 Å². The highest BCUT2D eigenvalue weighted by Gasteiger charge is 2.09. The van der Waals surface area contributed by atoms with Gasteiger partial charge in [0.05, 0.1) is 0 Å². The quantitative estimate of drug-likeness (QED) is 0.684. The number of hydrogen-bond donors (Lipinski definition) is 1. The summed E-state index contributed by atoms with van der Waals surface area (Å²) in [5.74, 6) is 0.402. The third-order valence-corrected chi connectivity index (χ3v) is 3.10. The molecule has 0 spiro atoms. The van der Waals surface area contributed by atoms with Crippen LogP contribution in [0.2, 0.25) is 0 Å². The highest BCUT2D eigenvalue weighted by molar-refractivity contribution is 7.98. The Morgan fingerprint density at radius 1 is 1.41 bits per heavy atom. The number of nitrogens with two attached hydrogens (primary N) is 1. The lowest BCUT2D eigenvalue weighted by Crippen LogP contribution is -2.12. The van der Waals surface area contributed by atoms with Crippen LogP contribution in [-0.4, -0.2) is 22.3 Å². The molecule has 0 aliphatic heterocycles. The summed E-state index contributed by atoms with van der Waals surface area (Å²) in [4.78, 5) is 7.70. The summed E-state index contributed by atoms with van der Waals surface area (Å²) >= 11 is 7.22. The van der Waals surface area contributed by atoms with Gasteiger partial charge in [-0.25, -0.2) is 0 Å². The SMILES string of the molecule is CSc1ccc(-c2cc(N)nn2OCCl)cc1. The standard InChI is InChI=1S/C11H12ClN3OS/c1-17-9-4-2-8(3-5-9)10-6-11(13)14-15(10)16-7-12/h2-6H,7H2,1H3,(H2,13,14). The second-order valence-electron chi connectivity index (χ2n) is 3.29. The largest absolute Gasteiger partial charge is 0.382 e. The summed E-state index contributed by atoms with van der Waals surface area (Å²) in [7, 11) is 0. The number of aromatic nitrogens is 2. The summed E-state index contributed by atoms with van der Waals surface area (Å²) in [5.41, 5.74) is 7.42. The molecule has 2 aromatic rings. The maximum atomic E-state index is 5.64. The highest BCUT2D eigenvalue weighted by Crippen LogP contribution is 2.24. The van der Waals surface area contributed by atoms with Crippen LogP contribution in [0, 0.1) is 0 Å². The molecular weight excluding hydrogens is 258 g/mol. The summed E-state index contributed by atoms with van der Waals surface area (Å²) in [6, 6.07) is 9.84. The van der Waals surface area contributed by atoms with Crippen molar-refractivity contribution in [3.8, 4) is 11.3 Å². The molecule has 0 fully saturated rings. The van der Waals surface area contributed by atoms with Crippen LogP contribution in [-0.2, 0) is 0 Å². The molecule has 0 aliphatic carbocycles. The van der Waals surface area contributed by atoms with E-state index in [9.17, 15) is 0 Å². The molecule has 0 saturated heterocycles. The summed E-state index contributed by atoms with van der Waals surface area (Å²) in [6.45, 7) is 0. The van der Waals surface area contributed by atoms with Gasteiger partial charge in [-0.1, -0.05) is 28.6 Å². The Morgan fingerprint density at radius 3 is 2.71 bits per heavy atom. The number of rotatable bonds is 4. The average molecular weight is 270 g/mol. The lowest BCUT2D eigenvalue weighted by molar-refractivity contribution is 0.123. The zero-order chi connectivity index (χ0) is 12.3. The number of thioether (sulfide) groups is 1. The smallest absolute Gasteiger partial charge is 0.190 e. The number of hydrogen-bond acceptors (Lipinski definition) is 4. The minimum atomic E-state index is 0.0248. The fraction of sp³-hybridized carbons (Fsp3) is 0.182. The molecule has 0 radical (unpaired) electrons. The van der Waals surface area contributed by atoms with Crippen LogP contribution >= 0.6 is 23.4 Å². The Bertz CT molecular complexity index is 498. The number of nitrogen functional groups attached to an aromatic ring is 1. The molecule has 2 rings (SSSR count). The van der Waals surface area contributed by atoms with Gasteiger partial charge in [0, 0.05) is 16.5 Å². The topological polar surface area (TPSA) is 53.1 Å². The monoisotopic (exact) mass is 269 g/mol. The third-order valence-electron chi connectivity index (χ3n) is 2.25. The Morgan fingerprint density at radius 2 is 2.12 bits per heavy atom. The van der Waals surface area contributed by atoms with E-state index in [2.05, 4.69) is 5.10 Å². The zero-order valence-electron chi connectivity index (χ0n) is 9.26. The lowest BCUT2D eigenvalue weighted by atomic mass is 10.1. The van der Waals surface area contributed by atoms with Gasteiger partial charge >= 0.3 is 0 Å². The molecule has 2 N–H and O–H groups in total. The van der Waals surface area contributed by atoms with Gasteiger partial charge in [-0.2, -0.15) is 0 Å². The number of benzene rings is 1. The molecule has 0 amide bonds. The number of anilines is 1. The fourth-order valence-corrected chi connectivity index (χ4v) is 1.98. The van der Waals surface area contributed by atoms with Crippen LogP contribution in [0.1, 0.15) is 0 Å². The second kappa shape index (κ2) is 5.33. The van der Waals surface area contributed by atoms with Crippen molar-refractivity contribution in [3.05, 3.63) is 30.3 Å². The summed E-state index contributed by atoms with van der Waals surface area (Å²) in [5, 5.41) is 4.00. The minimum absolute atomic E-state index is 0.0248. The molecule has 17 heavy (non-hydrogen) atoms. The van der Waals surface area contributed by atoms with E-state index in [0.717, 1.165) is 11.3 Å². The van der Waals surface area contributed by atoms with Crippen LogP contribution < -0.4 is 10.6 Å². The van der Waals surface area contributed by atoms with Crippen molar-refractivity contribution in [1.82, 2.24) is 9.94 Å². The normalized spacial score (nSPS) is 10.5. The molecule has 0 saturated carbocycles. The van der Waals surface area contributed by atoms with E-state index in [1.807, 2.05) is 30.5 Å². The van der Waals surface area contributed by atoms with Crippen LogP contribution in [0.15, 0.2) is 35.2 Å². The Labute approximate surface area is 109 Å². The van der Waals surface area contributed by atoms with E-state index in [1.54, 1.807) is 17.8 Å². The average Bonchev–Trinajstić information content (AvgIpc) is 2.71. The highest BCUT2D eigenvalue weighted by atomic mass is 35.5. The molecular formula is C11H12ClN3OS. The van der Waals surface area contributed by atoms with Gasteiger partial charge in [-0.3, -0.25) is 0 Å². The summed E-state index contributed by atoms with van der Waals surface area (Å²) in [6.07, 6.45) is 2.04. The van der Waals surface area contributed by atoms with Gasteiger partial charge in [0.25, 0.3) is 0 Å². The molecule has 90 valence electrons. The third kappa shape index (κ3) is 2.68. The van der Waals surface area contributed by atoms with E-state index < -0.39 is 0 Å². The molecule has 0 bridgehead atoms. The molecule has 6 heteroatoms. The van der Waals surface area contributed by atoms with Crippen LogP contribution in [0.4, 0.5) is 5.82 Å². The van der Waals surface area contributed by atoms with Crippen LogP contribution in [0.25, 0.3) is 11.3 Å². The van der Waals surface area contributed by atoms with Gasteiger partial charge in [-0.05, 0) is 18.4 Å². The number of halogens is 1. The van der Waals surface area contributed by atoms with Gasteiger partial charge in [0.15, 0.2) is 6.07 Å². The van der Waals surface area contributed by atoms with Crippen LogP contribution in [0.5, 0.6) is 0 Å². The molecule has 1 aromatic carbocycles. The van der Waals surface area contributed by atoms with Crippen molar-refractivity contribution in [2.45, 2.75) is 4.90 Å². The maximum Gasteiger partial charge on any atom is 0.190 e. The molecule has 0 atom stereocenters. The minimum Gasteiger partial charge on any atom is -0.382 e. The maximum absolute atomic E-state index is 5.64. The Balaban J connectivity index is 2.37. The molecule has 4 nitrogen and oxygen atoms in total. The predicted octanol–water partition coefficient (Wildman–Crippen LogP) is 2.48. The molecule has 0 aliphatic rings. The molecule has 0 unspecified atom stereocenters. The van der Waals surface area contributed by atoms with E-state index in [4.69, 9.17) is 22.2 Å². The Kier molecular flexibility index (Phi) is 3.81. The van der Waals surface area contributed by atoms with E-state index in [-0.39, 0.29) is 6.07 Å². The first kappa shape index (κ1) is 12.1.